The number of hydrogen-bond acceptors (Lipinski definition) is 2. The minimum Gasteiger partial charge on any atom is -0.348 e. The number of nitrogens with one attached hydrogen (secondary N) is 1. The monoisotopic (exact) mass is 271 g/mol. The molecule has 0 bridgehead atoms. The maximum absolute atomic E-state index is 12.0. The van der Waals surface area contributed by atoms with Crippen LogP contribution in [0.15, 0.2) is 60.7 Å². The fourth-order valence-electron chi connectivity index (χ4n) is 1.90. The molecule has 2 aromatic rings. The molecule has 1 N–H and O–H groups in total. The van der Waals surface area contributed by atoms with Gasteiger partial charge in [0.25, 0.3) is 5.91 Å². The van der Waals surface area contributed by atoms with E-state index in [9.17, 15) is 4.79 Å². The van der Waals surface area contributed by atoms with Gasteiger partial charge < -0.3 is 5.32 Å². The highest BCUT2D eigenvalue weighted by atomic mass is 32.1. The number of benzene rings is 2. The van der Waals surface area contributed by atoms with Crippen molar-refractivity contribution in [2.45, 2.75) is 18.2 Å². The van der Waals surface area contributed by atoms with Crippen molar-refractivity contribution in [3.8, 4) is 0 Å². The van der Waals surface area contributed by atoms with Crippen LogP contribution in [0.4, 0.5) is 0 Å². The van der Waals surface area contributed by atoms with Gasteiger partial charge in [0.2, 0.25) is 0 Å². The number of amides is 1. The predicted molar refractivity (Wildman–Crippen MR) is 81.5 cm³/mol. The van der Waals surface area contributed by atoms with E-state index < -0.39 is 0 Å². The molecule has 0 aliphatic carbocycles. The van der Waals surface area contributed by atoms with Crippen molar-refractivity contribution in [1.82, 2.24) is 5.32 Å². The van der Waals surface area contributed by atoms with Crippen molar-refractivity contribution < 1.29 is 4.79 Å². The first kappa shape index (κ1) is 13.7. The Labute approximate surface area is 119 Å². The normalized spacial score (nSPS) is 13.6. The lowest BCUT2D eigenvalue weighted by molar-refractivity contribution is 0.0939. The Bertz CT molecular complexity index is 527. The van der Waals surface area contributed by atoms with E-state index in [-0.39, 0.29) is 17.2 Å². The van der Waals surface area contributed by atoms with Crippen LogP contribution < -0.4 is 5.32 Å². The molecule has 0 spiro atoms. The van der Waals surface area contributed by atoms with Crippen molar-refractivity contribution in [2.24, 2.45) is 0 Å². The van der Waals surface area contributed by atoms with E-state index in [0.717, 1.165) is 5.56 Å². The topological polar surface area (TPSA) is 29.1 Å². The lowest BCUT2D eigenvalue weighted by atomic mass is 10.1. The minimum absolute atomic E-state index is 0.0196. The van der Waals surface area contributed by atoms with Crippen molar-refractivity contribution in [3.63, 3.8) is 0 Å². The van der Waals surface area contributed by atoms with Crippen LogP contribution in [-0.2, 0) is 0 Å². The molecule has 2 atom stereocenters. The number of rotatable bonds is 4. The summed E-state index contributed by atoms with van der Waals surface area (Å²) in [6, 6.07) is 19.1. The van der Waals surface area contributed by atoms with Crippen molar-refractivity contribution in [3.05, 3.63) is 71.8 Å². The lowest BCUT2D eigenvalue weighted by Crippen LogP contribution is -2.35. The zero-order valence-electron chi connectivity index (χ0n) is 10.8. The molecular formula is C16H17NOS. The van der Waals surface area contributed by atoms with E-state index in [1.807, 2.05) is 55.5 Å². The molecule has 2 nitrogen and oxygen atoms in total. The summed E-state index contributed by atoms with van der Waals surface area (Å²) in [6.07, 6.45) is 0. The van der Waals surface area contributed by atoms with Crippen molar-refractivity contribution >= 4 is 18.5 Å². The van der Waals surface area contributed by atoms with Gasteiger partial charge in [-0.05, 0) is 24.6 Å². The summed E-state index contributed by atoms with van der Waals surface area (Å²) in [4.78, 5) is 12.0. The van der Waals surface area contributed by atoms with E-state index in [4.69, 9.17) is 0 Å². The van der Waals surface area contributed by atoms with E-state index in [0.29, 0.717) is 5.56 Å². The fraction of sp³-hybridized carbons (Fsp3) is 0.188. The molecule has 19 heavy (non-hydrogen) atoms. The Morgan fingerprint density at radius 1 is 1.00 bits per heavy atom. The van der Waals surface area contributed by atoms with Gasteiger partial charge in [-0.15, -0.1) is 0 Å². The average molecular weight is 271 g/mol. The Morgan fingerprint density at radius 3 is 2.11 bits per heavy atom. The van der Waals surface area contributed by atoms with Crippen LogP contribution in [-0.4, -0.2) is 11.9 Å². The van der Waals surface area contributed by atoms with Crippen LogP contribution in [0.3, 0.4) is 0 Å². The SMILES string of the molecule is C[C@H](NC(=O)c1ccccc1)[C@H](S)c1ccccc1. The third kappa shape index (κ3) is 3.61. The van der Waals surface area contributed by atoms with Gasteiger partial charge in [0.1, 0.15) is 0 Å². The quantitative estimate of drug-likeness (QED) is 0.819. The summed E-state index contributed by atoms with van der Waals surface area (Å²) >= 11 is 4.59. The number of carbonyl (C=O) groups is 1. The molecule has 0 aliphatic heterocycles. The molecule has 2 rings (SSSR count). The summed E-state index contributed by atoms with van der Waals surface area (Å²) in [5.74, 6) is -0.0666. The third-order valence-electron chi connectivity index (χ3n) is 3.01. The van der Waals surface area contributed by atoms with Crippen LogP contribution in [0.2, 0.25) is 0 Å². The molecule has 1 amide bonds. The summed E-state index contributed by atoms with van der Waals surface area (Å²) in [6.45, 7) is 1.96. The Hall–Kier alpha value is -1.74. The zero-order valence-corrected chi connectivity index (χ0v) is 11.7. The molecule has 0 fully saturated rings. The summed E-state index contributed by atoms with van der Waals surface area (Å²) in [5.41, 5.74) is 1.77. The van der Waals surface area contributed by atoms with Crippen molar-refractivity contribution in [2.75, 3.05) is 0 Å². The second-order valence-electron chi connectivity index (χ2n) is 4.48. The van der Waals surface area contributed by atoms with Crippen LogP contribution in [0, 0.1) is 0 Å². The van der Waals surface area contributed by atoms with Crippen LogP contribution >= 0.6 is 12.6 Å². The lowest BCUT2D eigenvalue weighted by Gasteiger charge is -2.21. The van der Waals surface area contributed by atoms with Gasteiger partial charge in [-0.1, -0.05) is 48.5 Å². The van der Waals surface area contributed by atoms with Gasteiger partial charge in [0.15, 0.2) is 0 Å². The molecular weight excluding hydrogens is 254 g/mol. The van der Waals surface area contributed by atoms with E-state index in [2.05, 4.69) is 17.9 Å². The second-order valence-corrected chi connectivity index (χ2v) is 5.04. The molecule has 0 saturated heterocycles. The number of hydrogen-bond donors (Lipinski definition) is 2. The molecule has 0 aromatic heterocycles. The van der Waals surface area contributed by atoms with Crippen LogP contribution in [0.5, 0.6) is 0 Å². The Morgan fingerprint density at radius 2 is 1.53 bits per heavy atom. The Kier molecular flexibility index (Phi) is 4.63. The highest BCUT2D eigenvalue weighted by Gasteiger charge is 2.17. The summed E-state index contributed by atoms with van der Waals surface area (Å²) in [5, 5.41) is 2.96. The largest absolute Gasteiger partial charge is 0.348 e. The molecule has 98 valence electrons. The van der Waals surface area contributed by atoms with Gasteiger partial charge in [-0.25, -0.2) is 0 Å². The highest BCUT2D eigenvalue weighted by Crippen LogP contribution is 2.23. The smallest absolute Gasteiger partial charge is 0.251 e. The van der Waals surface area contributed by atoms with E-state index in [1.165, 1.54) is 0 Å². The maximum atomic E-state index is 12.0. The third-order valence-corrected chi connectivity index (χ3v) is 3.75. The van der Waals surface area contributed by atoms with Crippen LogP contribution in [0.25, 0.3) is 0 Å². The molecule has 3 heteroatoms. The van der Waals surface area contributed by atoms with E-state index in [1.54, 1.807) is 12.1 Å². The first-order chi connectivity index (χ1) is 9.18. The highest BCUT2D eigenvalue weighted by molar-refractivity contribution is 7.80. The molecule has 0 radical (unpaired) electrons. The number of thiol groups is 1. The van der Waals surface area contributed by atoms with Gasteiger partial charge in [0, 0.05) is 16.9 Å². The van der Waals surface area contributed by atoms with Gasteiger partial charge in [-0.3, -0.25) is 4.79 Å². The first-order valence-electron chi connectivity index (χ1n) is 6.27. The number of carbonyl (C=O) groups excluding carboxylic acids is 1. The minimum atomic E-state index is -0.0666. The second kappa shape index (κ2) is 6.43. The van der Waals surface area contributed by atoms with Gasteiger partial charge in [-0.2, -0.15) is 12.6 Å². The summed E-state index contributed by atoms with van der Waals surface area (Å²) < 4.78 is 0. The standard InChI is InChI=1S/C16H17NOS/c1-12(15(19)13-8-4-2-5-9-13)17-16(18)14-10-6-3-7-11-14/h2-12,15,19H,1H3,(H,17,18)/t12-,15-/m0/s1. The average Bonchev–Trinajstić information content (AvgIpc) is 2.48. The molecule has 0 saturated carbocycles. The van der Waals surface area contributed by atoms with Gasteiger partial charge >= 0.3 is 0 Å². The fourth-order valence-corrected chi connectivity index (χ4v) is 2.14. The van der Waals surface area contributed by atoms with Crippen molar-refractivity contribution in [1.29, 1.82) is 0 Å². The van der Waals surface area contributed by atoms with Crippen LogP contribution in [0.1, 0.15) is 28.1 Å². The molecule has 0 heterocycles. The maximum Gasteiger partial charge on any atom is 0.251 e. The molecule has 0 unspecified atom stereocenters. The molecule has 0 aliphatic rings. The molecule has 2 aromatic carbocycles. The predicted octanol–water partition coefficient (Wildman–Crippen LogP) is 3.48. The van der Waals surface area contributed by atoms with E-state index >= 15 is 0 Å². The van der Waals surface area contributed by atoms with Gasteiger partial charge in [0.05, 0.1) is 0 Å². The Balaban J connectivity index is 2.02. The first-order valence-corrected chi connectivity index (χ1v) is 6.79. The summed E-state index contributed by atoms with van der Waals surface area (Å²) in [7, 11) is 0. The zero-order chi connectivity index (χ0) is 13.7.